The summed E-state index contributed by atoms with van der Waals surface area (Å²) in [5.41, 5.74) is 3.33. The summed E-state index contributed by atoms with van der Waals surface area (Å²) < 4.78 is 0. The second-order valence-corrected chi connectivity index (χ2v) is 6.08. The maximum absolute atomic E-state index is 6.16. The summed E-state index contributed by atoms with van der Waals surface area (Å²) in [6, 6.07) is 10.1. The average molecular weight is 338 g/mol. The fourth-order valence-electron chi connectivity index (χ4n) is 2.58. The molecule has 0 atom stereocenters. The van der Waals surface area contributed by atoms with Gasteiger partial charge in [0.15, 0.2) is 0 Å². The number of benzene rings is 1. The molecule has 0 radical (unpaired) electrons. The van der Waals surface area contributed by atoms with E-state index in [1.807, 2.05) is 18.2 Å². The van der Waals surface area contributed by atoms with Gasteiger partial charge >= 0.3 is 0 Å². The van der Waals surface area contributed by atoms with Gasteiger partial charge in [0.25, 0.3) is 0 Å². The second-order valence-electron chi connectivity index (χ2n) is 4.70. The smallest absolute Gasteiger partial charge is 0.131 e. The first-order valence-corrected chi connectivity index (χ1v) is 7.72. The van der Waals surface area contributed by atoms with Crippen molar-refractivity contribution >= 4 is 52.1 Å². The number of nitrogens with zero attached hydrogens (tertiary/aromatic N) is 1. The average Bonchev–Trinajstić information content (AvgIpc) is 3.17. The van der Waals surface area contributed by atoms with Crippen molar-refractivity contribution < 1.29 is 0 Å². The van der Waals surface area contributed by atoms with Crippen LogP contribution >= 0.6 is 35.3 Å². The quantitative estimate of drug-likeness (QED) is 0.718. The van der Waals surface area contributed by atoms with E-state index in [0.717, 1.165) is 46.1 Å². The highest BCUT2D eigenvalue weighted by Gasteiger charge is 2.20. The Labute approximate surface area is 137 Å². The summed E-state index contributed by atoms with van der Waals surface area (Å²) in [6.45, 7) is 1.72. The number of amidine groups is 1. The Balaban J connectivity index is 0.00000132. The van der Waals surface area contributed by atoms with Crippen LogP contribution in [0.3, 0.4) is 0 Å². The van der Waals surface area contributed by atoms with E-state index in [0.29, 0.717) is 0 Å². The molecule has 0 unspecified atom stereocenters. The number of hydrogen-bond donors (Lipinski definition) is 2. The van der Waals surface area contributed by atoms with E-state index in [2.05, 4.69) is 32.8 Å². The van der Waals surface area contributed by atoms with Gasteiger partial charge in [0, 0.05) is 22.5 Å². The van der Waals surface area contributed by atoms with Crippen LogP contribution in [-0.4, -0.2) is 23.9 Å². The molecule has 1 aliphatic rings. The van der Waals surface area contributed by atoms with Gasteiger partial charge in [0.05, 0.1) is 22.7 Å². The van der Waals surface area contributed by atoms with Crippen molar-refractivity contribution in [2.24, 2.45) is 4.99 Å². The fourth-order valence-corrected chi connectivity index (χ4v) is 3.49. The molecular weight excluding hydrogens is 325 g/mol. The molecule has 0 saturated heterocycles. The van der Waals surface area contributed by atoms with Gasteiger partial charge in [-0.15, -0.1) is 23.7 Å². The lowest BCUT2D eigenvalue weighted by molar-refractivity contribution is 0.960. The van der Waals surface area contributed by atoms with Crippen molar-refractivity contribution in [1.82, 2.24) is 10.3 Å². The topological polar surface area (TPSA) is 40.2 Å². The van der Waals surface area contributed by atoms with Crippen molar-refractivity contribution in [2.45, 2.75) is 0 Å². The summed E-state index contributed by atoms with van der Waals surface area (Å²) in [4.78, 5) is 9.29. The molecule has 4 rings (SSSR count). The van der Waals surface area contributed by atoms with E-state index in [1.54, 1.807) is 11.3 Å². The number of H-pyrrole nitrogens is 1. The van der Waals surface area contributed by atoms with Crippen LogP contribution < -0.4 is 5.32 Å². The molecule has 1 aliphatic heterocycles. The highest BCUT2D eigenvalue weighted by molar-refractivity contribution is 7.13. The zero-order valence-corrected chi connectivity index (χ0v) is 13.4. The lowest BCUT2D eigenvalue weighted by Crippen LogP contribution is -2.19. The molecule has 1 aromatic carbocycles. The predicted octanol–water partition coefficient (Wildman–Crippen LogP) is 4.32. The molecule has 0 aliphatic carbocycles. The molecule has 6 heteroatoms. The zero-order valence-electron chi connectivity index (χ0n) is 11.0. The number of aliphatic imine (C=N–C) groups is 1. The molecule has 3 aromatic rings. The van der Waals surface area contributed by atoms with Gasteiger partial charge in [0.1, 0.15) is 5.84 Å². The number of fused-ring (bicyclic) bond motifs is 1. The Morgan fingerprint density at radius 1 is 1.24 bits per heavy atom. The van der Waals surface area contributed by atoms with E-state index in [-0.39, 0.29) is 12.4 Å². The lowest BCUT2D eigenvalue weighted by atomic mass is 10.1. The SMILES string of the molecule is Cl.Clc1ccc2[nH]c(-c3cccs3)c(C3=NCCN3)c2c1. The Morgan fingerprint density at radius 3 is 2.86 bits per heavy atom. The van der Waals surface area contributed by atoms with Gasteiger partial charge in [-0.1, -0.05) is 17.7 Å². The van der Waals surface area contributed by atoms with Gasteiger partial charge in [-0.2, -0.15) is 0 Å². The number of rotatable bonds is 2. The third kappa shape index (κ3) is 2.44. The molecule has 108 valence electrons. The van der Waals surface area contributed by atoms with E-state index >= 15 is 0 Å². The van der Waals surface area contributed by atoms with Crippen LogP contribution in [0.5, 0.6) is 0 Å². The Bertz CT molecular complexity index is 806. The fraction of sp³-hybridized carbons (Fsp3) is 0.133. The minimum absolute atomic E-state index is 0. The summed E-state index contributed by atoms with van der Waals surface area (Å²) in [6.07, 6.45) is 0. The maximum atomic E-state index is 6.16. The third-order valence-corrected chi connectivity index (χ3v) is 4.56. The van der Waals surface area contributed by atoms with Crippen molar-refractivity contribution in [3.8, 4) is 10.6 Å². The predicted molar refractivity (Wildman–Crippen MR) is 93.3 cm³/mol. The van der Waals surface area contributed by atoms with Crippen molar-refractivity contribution in [2.75, 3.05) is 13.1 Å². The van der Waals surface area contributed by atoms with E-state index in [4.69, 9.17) is 11.6 Å². The summed E-state index contributed by atoms with van der Waals surface area (Å²) in [5, 5.41) is 7.31. The first-order valence-electron chi connectivity index (χ1n) is 6.47. The summed E-state index contributed by atoms with van der Waals surface area (Å²) in [7, 11) is 0. The van der Waals surface area contributed by atoms with Crippen molar-refractivity contribution in [3.63, 3.8) is 0 Å². The standard InChI is InChI=1S/C15H12ClN3S.ClH/c16-9-3-4-11-10(8-9)13(15-17-5-6-18-15)14(19-11)12-2-1-7-20-12;/h1-4,7-8,19H,5-6H2,(H,17,18);1H. The van der Waals surface area contributed by atoms with E-state index in [1.165, 1.54) is 4.88 Å². The molecule has 3 heterocycles. The summed E-state index contributed by atoms with van der Waals surface area (Å²) >= 11 is 7.88. The van der Waals surface area contributed by atoms with Crippen LogP contribution in [0.1, 0.15) is 5.56 Å². The van der Waals surface area contributed by atoms with Crippen molar-refractivity contribution in [1.29, 1.82) is 0 Å². The van der Waals surface area contributed by atoms with Crippen LogP contribution in [0.25, 0.3) is 21.5 Å². The van der Waals surface area contributed by atoms with Crippen LogP contribution in [0.2, 0.25) is 5.02 Å². The third-order valence-electron chi connectivity index (χ3n) is 3.44. The molecule has 0 spiro atoms. The molecule has 2 aromatic heterocycles. The summed E-state index contributed by atoms with van der Waals surface area (Å²) in [5.74, 6) is 0.960. The number of nitrogens with one attached hydrogen (secondary N) is 2. The minimum atomic E-state index is 0. The number of aromatic nitrogens is 1. The molecule has 0 amide bonds. The van der Waals surface area contributed by atoms with Crippen molar-refractivity contribution in [3.05, 3.63) is 46.3 Å². The first-order chi connectivity index (χ1) is 9.83. The normalized spacial score (nSPS) is 13.9. The Hall–Kier alpha value is -1.49. The maximum Gasteiger partial charge on any atom is 0.131 e. The van der Waals surface area contributed by atoms with E-state index in [9.17, 15) is 0 Å². The number of halogens is 2. The van der Waals surface area contributed by atoms with Crippen LogP contribution in [0, 0.1) is 0 Å². The monoisotopic (exact) mass is 337 g/mol. The highest BCUT2D eigenvalue weighted by atomic mass is 35.5. The van der Waals surface area contributed by atoms with Crippen LogP contribution in [0.4, 0.5) is 0 Å². The molecule has 0 fully saturated rings. The highest BCUT2D eigenvalue weighted by Crippen LogP contribution is 2.34. The van der Waals surface area contributed by atoms with Gasteiger partial charge in [-0.05, 0) is 29.6 Å². The number of aromatic amines is 1. The Kier molecular flexibility index (Phi) is 3.93. The minimum Gasteiger partial charge on any atom is -0.368 e. The van der Waals surface area contributed by atoms with Crippen LogP contribution in [0.15, 0.2) is 40.7 Å². The van der Waals surface area contributed by atoms with Crippen LogP contribution in [-0.2, 0) is 0 Å². The zero-order chi connectivity index (χ0) is 13.5. The number of thiophene rings is 1. The van der Waals surface area contributed by atoms with E-state index < -0.39 is 0 Å². The molecular formula is C15H13Cl2N3S. The van der Waals surface area contributed by atoms with Gasteiger partial charge < -0.3 is 10.3 Å². The molecule has 21 heavy (non-hydrogen) atoms. The van der Waals surface area contributed by atoms with Gasteiger partial charge in [-0.3, -0.25) is 4.99 Å². The molecule has 3 nitrogen and oxygen atoms in total. The van der Waals surface area contributed by atoms with Gasteiger partial charge in [0.2, 0.25) is 0 Å². The first kappa shape index (κ1) is 14.4. The van der Waals surface area contributed by atoms with Gasteiger partial charge in [-0.25, -0.2) is 0 Å². The molecule has 2 N–H and O–H groups in total. The molecule has 0 bridgehead atoms. The molecule has 0 saturated carbocycles. The largest absolute Gasteiger partial charge is 0.368 e. The Morgan fingerprint density at radius 2 is 2.14 bits per heavy atom. The lowest BCUT2D eigenvalue weighted by Gasteiger charge is -2.04. The second kappa shape index (κ2) is 5.72. The number of hydrogen-bond acceptors (Lipinski definition) is 3.